The van der Waals surface area contributed by atoms with Gasteiger partial charge in [0.25, 0.3) is 0 Å². The fourth-order valence-electron chi connectivity index (χ4n) is 3.65. The summed E-state index contributed by atoms with van der Waals surface area (Å²) in [5, 5.41) is 13.8. The van der Waals surface area contributed by atoms with E-state index < -0.39 is 5.25 Å². The van der Waals surface area contributed by atoms with E-state index >= 15 is 0 Å². The minimum atomic E-state index is -0.569. The average molecular weight is 427 g/mol. The maximum atomic E-state index is 12.4. The minimum absolute atomic E-state index is 0.00241. The van der Waals surface area contributed by atoms with Crippen molar-refractivity contribution in [3.63, 3.8) is 0 Å². The molecule has 1 aromatic rings. The normalized spacial score (nSPS) is 23.3. The molecule has 0 aromatic heterocycles. The monoisotopic (exact) mass is 426 g/mol. The zero-order chi connectivity index (χ0) is 21.9. The highest BCUT2D eigenvalue weighted by atomic mass is 32.2. The molecule has 2 N–H and O–H groups in total. The summed E-state index contributed by atoms with van der Waals surface area (Å²) in [4.78, 5) is 36.0. The van der Waals surface area contributed by atoms with Crippen molar-refractivity contribution in [2.75, 3.05) is 5.32 Å². The molecule has 30 heavy (non-hydrogen) atoms. The second-order valence-corrected chi connectivity index (χ2v) is 9.68. The van der Waals surface area contributed by atoms with Crippen LogP contribution in [-0.4, -0.2) is 33.7 Å². The molecule has 1 unspecified atom stereocenters. The molecule has 2 aliphatic rings. The zero-order valence-electron chi connectivity index (χ0n) is 17.6. The Bertz CT molecular complexity index is 978. The van der Waals surface area contributed by atoms with Gasteiger partial charge in [0, 0.05) is 17.7 Å². The van der Waals surface area contributed by atoms with Crippen LogP contribution in [0.4, 0.5) is 5.69 Å². The van der Waals surface area contributed by atoms with E-state index in [4.69, 9.17) is 0 Å². The summed E-state index contributed by atoms with van der Waals surface area (Å²) >= 11 is 1.20. The van der Waals surface area contributed by atoms with E-state index in [1.54, 1.807) is 24.3 Å². The maximum absolute atomic E-state index is 12.4. The van der Waals surface area contributed by atoms with Gasteiger partial charge in [-0.15, -0.1) is 5.10 Å². The van der Waals surface area contributed by atoms with Crippen LogP contribution in [0.2, 0.25) is 0 Å². The highest BCUT2D eigenvalue weighted by Crippen LogP contribution is 2.34. The summed E-state index contributed by atoms with van der Waals surface area (Å²) in [6, 6.07) is 6.71. The summed E-state index contributed by atoms with van der Waals surface area (Å²) in [6.07, 6.45) is 3.89. The van der Waals surface area contributed by atoms with Crippen molar-refractivity contribution in [2.24, 2.45) is 15.6 Å². The van der Waals surface area contributed by atoms with Crippen molar-refractivity contribution >= 4 is 45.9 Å². The van der Waals surface area contributed by atoms with Gasteiger partial charge in [0.1, 0.15) is 5.25 Å². The zero-order valence-corrected chi connectivity index (χ0v) is 18.4. The summed E-state index contributed by atoms with van der Waals surface area (Å²) < 4.78 is 0. The van der Waals surface area contributed by atoms with Crippen LogP contribution in [0.5, 0.6) is 0 Å². The van der Waals surface area contributed by atoms with Crippen LogP contribution in [0.25, 0.3) is 0 Å². The molecule has 0 radical (unpaired) electrons. The fourth-order valence-corrected chi connectivity index (χ4v) is 4.57. The second kappa shape index (κ2) is 8.95. The largest absolute Gasteiger partial charge is 0.326 e. The van der Waals surface area contributed by atoms with E-state index in [0.29, 0.717) is 16.4 Å². The number of nitrogens with zero attached hydrogens (tertiary/aromatic N) is 2. The first-order chi connectivity index (χ1) is 14.1. The number of anilines is 1. The number of amides is 2. The van der Waals surface area contributed by atoms with Crippen LogP contribution in [0.15, 0.2) is 46.1 Å². The molecule has 0 spiro atoms. The van der Waals surface area contributed by atoms with E-state index in [-0.39, 0.29) is 29.4 Å². The summed E-state index contributed by atoms with van der Waals surface area (Å²) in [7, 11) is 0. The predicted molar refractivity (Wildman–Crippen MR) is 121 cm³/mol. The van der Waals surface area contributed by atoms with Crippen LogP contribution in [0.3, 0.4) is 0 Å². The van der Waals surface area contributed by atoms with Crippen LogP contribution in [0, 0.1) is 5.41 Å². The van der Waals surface area contributed by atoms with Gasteiger partial charge in [-0.1, -0.05) is 43.3 Å². The molecule has 1 atom stereocenters. The van der Waals surface area contributed by atoms with Gasteiger partial charge in [-0.2, -0.15) is 5.10 Å². The smallest absolute Gasteiger partial charge is 0.240 e. The third kappa shape index (κ3) is 5.89. The van der Waals surface area contributed by atoms with E-state index in [2.05, 4.69) is 41.6 Å². The van der Waals surface area contributed by atoms with Crippen molar-refractivity contribution in [1.82, 2.24) is 5.32 Å². The van der Waals surface area contributed by atoms with E-state index in [1.807, 2.05) is 6.08 Å². The van der Waals surface area contributed by atoms with Crippen LogP contribution >= 0.6 is 11.8 Å². The van der Waals surface area contributed by atoms with Gasteiger partial charge >= 0.3 is 0 Å². The van der Waals surface area contributed by atoms with Crippen molar-refractivity contribution in [2.45, 2.75) is 52.2 Å². The second-order valence-electron chi connectivity index (χ2n) is 8.49. The lowest BCUT2D eigenvalue weighted by Gasteiger charge is -2.28. The SMILES string of the molecule is CC(=O)c1cccc(NC(=O)CC2S/C(=N\N=C3/C=C(C)CC(C)(C)C3)NC2=O)c1. The quantitative estimate of drug-likeness (QED) is 0.550. The number of carbonyl (C=O) groups excluding carboxylic acids is 3. The summed E-state index contributed by atoms with van der Waals surface area (Å²) in [5.74, 6) is -0.642. The highest BCUT2D eigenvalue weighted by molar-refractivity contribution is 8.15. The van der Waals surface area contributed by atoms with Crippen molar-refractivity contribution in [3.8, 4) is 0 Å². The van der Waals surface area contributed by atoms with Crippen molar-refractivity contribution < 1.29 is 14.4 Å². The number of hydrogen-bond donors (Lipinski definition) is 2. The lowest BCUT2D eigenvalue weighted by atomic mass is 9.77. The van der Waals surface area contributed by atoms with Gasteiger partial charge in [0.05, 0.1) is 5.71 Å². The standard InChI is InChI=1S/C22H26N4O3S/c1-13-8-17(12-22(3,4)11-13)25-26-21-24-20(29)18(30-21)10-19(28)23-16-7-5-6-15(9-16)14(2)27/h5-9,18H,10-12H2,1-4H3,(H,23,28)(H,24,26,29)/b25-17+. The molecule has 0 saturated carbocycles. The number of hydrogen-bond acceptors (Lipinski definition) is 6. The summed E-state index contributed by atoms with van der Waals surface area (Å²) in [5.41, 5.74) is 3.34. The van der Waals surface area contributed by atoms with Gasteiger partial charge in [-0.05, 0) is 50.3 Å². The first kappa shape index (κ1) is 22.0. The maximum Gasteiger partial charge on any atom is 0.240 e. The molecule has 1 fully saturated rings. The Hall–Kier alpha value is -2.74. The Morgan fingerprint density at radius 3 is 2.73 bits per heavy atom. The number of carbonyl (C=O) groups is 3. The highest BCUT2D eigenvalue weighted by Gasteiger charge is 2.32. The molecule has 1 saturated heterocycles. The number of benzene rings is 1. The number of allylic oxidation sites excluding steroid dienone is 2. The molecule has 1 aliphatic carbocycles. The molecule has 7 nitrogen and oxygen atoms in total. The molecule has 8 heteroatoms. The lowest BCUT2D eigenvalue weighted by Crippen LogP contribution is -2.28. The Morgan fingerprint density at radius 1 is 1.27 bits per heavy atom. The van der Waals surface area contributed by atoms with Gasteiger partial charge in [0.15, 0.2) is 11.0 Å². The van der Waals surface area contributed by atoms with E-state index in [0.717, 1.165) is 18.6 Å². The first-order valence-electron chi connectivity index (χ1n) is 9.81. The Labute approximate surface area is 180 Å². The number of nitrogens with one attached hydrogen (secondary N) is 2. The molecule has 1 heterocycles. The van der Waals surface area contributed by atoms with Crippen molar-refractivity contribution in [3.05, 3.63) is 41.5 Å². The van der Waals surface area contributed by atoms with Crippen LogP contribution < -0.4 is 10.6 Å². The Balaban J connectivity index is 1.60. The molecular weight excluding hydrogens is 400 g/mol. The molecule has 3 rings (SSSR count). The first-order valence-corrected chi connectivity index (χ1v) is 10.7. The number of ketones is 1. The van der Waals surface area contributed by atoms with Crippen molar-refractivity contribution in [1.29, 1.82) is 0 Å². The molecule has 0 bridgehead atoms. The molecule has 1 aromatic carbocycles. The third-order valence-electron chi connectivity index (χ3n) is 4.80. The topological polar surface area (TPSA) is 100.0 Å². The molecule has 1 aliphatic heterocycles. The number of thioether (sulfide) groups is 1. The number of rotatable bonds is 5. The van der Waals surface area contributed by atoms with E-state index in [1.165, 1.54) is 24.3 Å². The number of Topliss-reactive ketones (excluding diaryl/α,β-unsaturated/α-hetero) is 1. The fraction of sp³-hybridized carbons (Fsp3) is 0.409. The minimum Gasteiger partial charge on any atom is -0.326 e. The Kier molecular flexibility index (Phi) is 6.55. The van der Waals surface area contributed by atoms with Crippen LogP contribution in [0.1, 0.15) is 57.3 Å². The molecule has 2 amide bonds. The average Bonchev–Trinajstić information content (AvgIpc) is 2.98. The molecular formula is C22H26N4O3S. The van der Waals surface area contributed by atoms with Gasteiger partial charge < -0.3 is 10.6 Å². The Morgan fingerprint density at radius 2 is 2.03 bits per heavy atom. The molecule has 158 valence electrons. The third-order valence-corrected chi connectivity index (χ3v) is 5.87. The summed E-state index contributed by atoms with van der Waals surface area (Å²) in [6.45, 7) is 7.93. The van der Waals surface area contributed by atoms with Gasteiger partial charge in [0.2, 0.25) is 11.8 Å². The number of amidine groups is 1. The predicted octanol–water partition coefficient (Wildman–Crippen LogP) is 3.93. The van der Waals surface area contributed by atoms with E-state index in [9.17, 15) is 14.4 Å². The lowest BCUT2D eigenvalue weighted by molar-refractivity contribution is -0.122. The van der Waals surface area contributed by atoms with Gasteiger partial charge in [-0.3, -0.25) is 14.4 Å². The van der Waals surface area contributed by atoms with Crippen LogP contribution in [-0.2, 0) is 9.59 Å². The van der Waals surface area contributed by atoms with Gasteiger partial charge in [-0.25, -0.2) is 0 Å².